The standard InChI is InChI=1S/C9H9N3O2/c10-12-11-5-1-2-7-3-4-8(13)6-9(7)14/h1-4,6,13-14H,5H2. The van der Waals surface area contributed by atoms with E-state index in [4.69, 9.17) is 10.6 Å². The Morgan fingerprint density at radius 1 is 1.43 bits per heavy atom. The van der Waals surface area contributed by atoms with Gasteiger partial charge in [0, 0.05) is 23.1 Å². The summed E-state index contributed by atoms with van der Waals surface area (Å²) < 4.78 is 0. The van der Waals surface area contributed by atoms with Gasteiger partial charge in [-0.25, -0.2) is 0 Å². The van der Waals surface area contributed by atoms with Gasteiger partial charge in [0.2, 0.25) is 0 Å². The molecule has 0 unspecified atom stereocenters. The third-order valence-corrected chi connectivity index (χ3v) is 1.56. The number of phenolic OH excluding ortho intramolecular Hbond substituents is 2. The number of phenols is 2. The molecule has 0 aromatic heterocycles. The van der Waals surface area contributed by atoms with Crippen molar-refractivity contribution in [3.63, 3.8) is 0 Å². The number of benzene rings is 1. The largest absolute Gasteiger partial charge is 0.508 e. The van der Waals surface area contributed by atoms with Crippen LogP contribution < -0.4 is 0 Å². The molecule has 2 N–H and O–H groups in total. The predicted molar refractivity (Wildman–Crippen MR) is 52.8 cm³/mol. The van der Waals surface area contributed by atoms with E-state index in [2.05, 4.69) is 10.0 Å². The molecule has 0 atom stereocenters. The minimum atomic E-state index is -0.0119. The Bertz CT molecular complexity index is 395. The summed E-state index contributed by atoms with van der Waals surface area (Å²) in [5.74, 6) is -0.00289. The lowest BCUT2D eigenvalue weighted by molar-refractivity contribution is 0.450. The average molecular weight is 191 g/mol. The van der Waals surface area contributed by atoms with Crippen molar-refractivity contribution in [3.8, 4) is 11.5 Å². The number of nitrogens with zero attached hydrogens (tertiary/aromatic N) is 3. The second-order valence-corrected chi connectivity index (χ2v) is 2.56. The van der Waals surface area contributed by atoms with Crippen molar-refractivity contribution in [2.24, 2.45) is 5.11 Å². The monoisotopic (exact) mass is 191 g/mol. The topological polar surface area (TPSA) is 89.2 Å². The molecular weight excluding hydrogens is 182 g/mol. The fourth-order valence-corrected chi connectivity index (χ4v) is 0.936. The first-order valence-electron chi connectivity index (χ1n) is 3.93. The lowest BCUT2D eigenvalue weighted by Crippen LogP contribution is -1.75. The fourth-order valence-electron chi connectivity index (χ4n) is 0.936. The molecule has 0 fully saturated rings. The van der Waals surface area contributed by atoms with Crippen molar-refractivity contribution < 1.29 is 10.2 Å². The molecule has 72 valence electrons. The van der Waals surface area contributed by atoms with Crippen molar-refractivity contribution in [2.75, 3.05) is 6.54 Å². The SMILES string of the molecule is [N-]=[N+]=NCC=Cc1ccc(O)cc1O. The predicted octanol–water partition coefficient (Wildman–Crippen LogP) is 2.42. The van der Waals surface area contributed by atoms with Crippen molar-refractivity contribution >= 4 is 6.08 Å². The molecule has 0 saturated heterocycles. The number of azide groups is 1. The van der Waals surface area contributed by atoms with Crippen LogP contribution in [-0.2, 0) is 0 Å². The maximum Gasteiger partial charge on any atom is 0.126 e. The van der Waals surface area contributed by atoms with Gasteiger partial charge >= 0.3 is 0 Å². The number of hydrogen-bond acceptors (Lipinski definition) is 3. The molecule has 1 rings (SSSR count). The van der Waals surface area contributed by atoms with Crippen LogP contribution >= 0.6 is 0 Å². The van der Waals surface area contributed by atoms with E-state index in [1.807, 2.05) is 0 Å². The first-order valence-corrected chi connectivity index (χ1v) is 3.93. The van der Waals surface area contributed by atoms with E-state index in [0.717, 1.165) is 0 Å². The van der Waals surface area contributed by atoms with Gasteiger partial charge < -0.3 is 10.2 Å². The highest BCUT2D eigenvalue weighted by atomic mass is 16.3. The van der Waals surface area contributed by atoms with Crippen molar-refractivity contribution in [3.05, 3.63) is 40.3 Å². The molecule has 5 heteroatoms. The second-order valence-electron chi connectivity index (χ2n) is 2.56. The van der Waals surface area contributed by atoms with Crippen LogP contribution in [0.5, 0.6) is 11.5 Å². The Kier molecular flexibility index (Phi) is 3.41. The maximum absolute atomic E-state index is 9.33. The quantitative estimate of drug-likeness (QED) is 0.436. The van der Waals surface area contributed by atoms with Gasteiger partial charge in [0.05, 0.1) is 0 Å². The number of aromatic hydroxyl groups is 2. The second kappa shape index (κ2) is 4.79. The van der Waals surface area contributed by atoms with Gasteiger partial charge in [-0.2, -0.15) is 0 Å². The van der Waals surface area contributed by atoms with Crippen LogP contribution in [0.1, 0.15) is 5.56 Å². The first-order chi connectivity index (χ1) is 6.74. The highest BCUT2D eigenvalue weighted by Crippen LogP contribution is 2.23. The molecule has 1 aromatic carbocycles. The Balaban J connectivity index is 2.76. The van der Waals surface area contributed by atoms with Gasteiger partial charge in [-0.3, -0.25) is 0 Å². The van der Waals surface area contributed by atoms with Crippen LogP contribution in [0.2, 0.25) is 0 Å². The molecule has 0 amide bonds. The number of rotatable bonds is 3. The molecule has 0 radical (unpaired) electrons. The zero-order chi connectivity index (χ0) is 10.4. The third kappa shape index (κ3) is 2.73. The lowest BCUT2D eigenvalue weighted by atomic mass is 10.2. The zero-order valence-corrected chi connectivity index (χ0v) is 7.33. The summed E-state index contributed by atoms with van der Waals surface area (Å²) >= 11 is 0. The summed E-state index contributed by atoms with van der Waals surface area (Å²) in [6.45, 7) is 0.233. The molecule has 0 aliphatic rings. The first kappa shape index (κ1) is 9.95. The summed E-state index contributed by atoms with van der Waals surface area (Å²) in [4.78, 5) is 2.57. The molecule has 0 heterocycles. The van der Waals surface area contributed by atoms with Crippen LogP contribution in [0.15, 0.2) is 29.4 Å². The molecular formula is C9H9N3O2. The van der Waals surface area contributed by atoms with Gasteiger partial charge in [-0.15, -0.1) is 0 Å². The van der Waals surface area contributed by atoms with Gasteiger partial charge in [-0.1, -0.05) is 17.3 Å². The molecule has 0 aliphatic heterocycles. The van der Waals surface area contributed by atoms with Crippen molar-refractivity contribution in [2.45, 2.75) is 0 Å². The van der Waals surface area contributed by atoms with E-state index < -0.39 is 0 Å². The van der Waals surface area contributed by atoms with E-state index in [9.17, 15) is 5.11 Å². The van der Waals surface area contributed by atoms with Crippen LogP contribution in [0.3, 0.4) is 0 Å². The highest BCUT2D eigenvalue weighted by molar-refractivity contribution is 5.58. The Labute approximate surface area is 80.6 Å². The Morgan fingerprint density at radius 2 is 2.21 bits per heavy atom. The summed E-state index contributed by atoms with van der Waals surface area (Å²) in [7, 11) is 0. The van der Waals surface area contributed by atoms with Gasteiger partial charge in [0.25, 0.3) is 0 Å². The molecule has 0 bridgehead atoms. The van der Waals surface area contributed by atoms with Crippen molar-refractivity contribution in [1.29, 1.82) is 0 Å². The van der Waals surface area contributed by atoms with Crippen LogP contribution in [-0.4, -0.2) is 16.8 Å². The fraction of sp³-hybridized carbons (Fsp3) is 0.111. The van der Waals surface area contributed by atoms with Crippen LogP contribution in [0, 0.1) is 0 Å². The lowest BCUT2D eigenvalue weighted by Gasteiger charge is -1.98. The zero-order valence-electron chi connectivity index (χ0n) is 7.33. The normalized spacial score (nSPS) is 10.0. The van der Waals surface area contributed by atoms with E-state index in [1.54, 1.807) is 18.2 Å². The third-order valence-electron chi connectivity index (χ3n) is 1.56. The smallest absolute Gasteiger partial charge is 0.126 e. The van der Waals surface area contributed by atoms with E-state index in [1.165, 1.54) is 12.1 Å². The average Bonchev–Trinajstić information content (AvgIpc) is 2.15. The van der Waals surface area contributed by atoms with Gasteiger partial charge in [-0.05, 0) is 17.7 Å². The minimum Gasteiger partial charge on any atom is -0.508 e. The molecule has 1 aromatic rings. The maximum atomic E-state index is 9.33. The molecule has 14 heavy (non-hydrogen) atoms. The summed E-state index contributed by atoms with van der Waals surface area (Å²) in [6.07, 6.45) is 3.23. The van der Waals surface area contributed by atoms with E-state index in [-0.39, 0.29) is 18.0 Å². The Hall–Kier alpha value is -2.13. The van der Waals surface area contributed by atoms with E-state index in [0.29, 0.717) is 5.56 Å². The van der Waals surface area contributed by atoms with E-state index >= 15 is 0 Å². The number of hydrogen-bond donors (Lipinski definition) is 2. The Morgan fingerprint density at radius 3 is 2.86 bits per heavy atom. The molecule has 0 saturated carbocycles. The van der Waals surface area contributed by atoms with Crippen LogP contribution in [0.25, 0.3) is 16.5 Å². The van der Waals surface area contributed by atoms with Gasteiger partial charge in [0.1, 0.15) is 11.5 Å². The van der Waals surface area contributed by atoms with Gasteiger partial charge in [0.15, 0.2) is 0 Å². The highest BCUT2D eigenvalue weighted by Gasteiger charge is 1.97. The minimum absolute atomic E-state index is 0.00898. The van der Waals surface area contributed by atoms with Crippen LogP contribution in [0.4, 0.5) is 0 Å². The molecule has 0 aliphatic carbocycles. The molecule has 5 nitrogen and oxygen atoms in total. The summed E-state index contributed by atoms with van der Waals surface area (Å²) in [6, 6.07) is 4.28. The molecule has 0 spiro atoms. The summed E-state index contributed by atoms with van der Waals surface area (Å²) in [5.41, 5.74) is 8.56. The van der Waals surface area contributed by atoms with Crippen molar-refractivity contribution in [1.82, 2.24) is 0 Å². The summed E-state index contributed by atoms with van der Waals surface area (Å²) in [5, 5.41) is 21.6.